The number of benzene rings is 1. The van der Waals surface area contributed by atoms with Crippen molar-refractivity contribution in [3.05, 3.63) is 40.4 Å². The Balaban J connectivity index is 1.82. The molecule has 4 nitrogen and oxygen atoms in total. The molecule has 0 spiro atoms. The second-order valence-corrected chi connectivity index (χ2v) is 8.35. The highest BCUT2D eigenvalue weighted by Crippen LogP contribution is 2.32. The summed E-state index contributed by atoms with van der Waals surface area (Å²) in [4.78, 5) is 12.8. The third-order valence-electron chi connectivity index (χ3n) is 6.00. The minimum atomic E-state index is 0.226. The van der Waals surface area contributed by atoms with Crippen molar-refractivity contribution in [3.63, 3.8) is 0 Å². The molecule has 1 fully saturated rings. The van der Waals surface area contributed by atoms with Gasteiger partial charge in [-0.1, -0.05) is 23.3 Å². The molecule has 0 radical (unpaired) electrons. The molecule has 3 aliphatic heterocycles. The smallest absolute Gasteiger partial charge is 0.150 e. The lowest BCUT2D eigenvalue weighted by molar-refractivity contribution is 0.448. The minimum Gasteiger partial charge on any atom is -0.354 e. The van der Waals surface area contributed by atoms with Crippen molar-refractivity contribution in [1.29, 1.82) is 0 Å². The van der Waals surface area contributed by atoms with E-state index in [2.05, 4.69) is 42.3 Å². The molecular weight excluding hydrogens is 356 g/mol. The van der Waals surface area contributed by atoms with Crippen LogP contribution in [-0.4, -0.2) is 48.7 Å². The SMILES string of the molecule is CC1=CCC2CCc3cc(Cl)ccc3N=C(N3CCCNCC3)C2=NC1C. The van der Waals surface area contributed by atoms with Gasteiger partial charge in [0.15, 0.2) is 5.84 Å². The number of rotatable bonds is 0. The second-order valence-electron chi connectivity index (χ2n) is 7.91. The number of halogens is 1. The first-order valence-electron chi connectivity index (χ1n) is 10.2. The fourth-order valence-corrected chi connectivity index (χ4v) is 4.37. The highest BCUT2D eigenvalue weighted by Gasteiger charge is 2.30. The molecule has 1 saturated heterocycles. The van der Waals surface area contributed by atoms with Crippen LogP contribution in [0.2, 0.25) is 5.02 Å². The van der Waals surface area contributed by atoms with Crippen LogP contribution in [0, 0.1) is 5.92 Å². The number of amidine groups is 1. The summed E-state index contributed by atoms with van der Waals surface area (Å²) in [5.74, 6) is 1.51. The van der Waals surface area contributed by atoms with Gasteiger partial charge in [0.1, 0.15) is 0 Å². The molecule has 1 N–H and O–H groups in total. The van der Waals surface area contributed by atoms with Crippen LogP contribution in [0.15, 0.2) is 39.8 Å². The predicted octanol–water partition coefficient (Wildman–Crippen LogP) is 4.41. The third kappa shape index (κ3) is 4.12. The van der Waals surface area contributed by atoms with E-state index in [0.29, 0.717) is 5.92 Å². The predicted molar refractivity (Wildman–Crippen MR) is 115 cm³/mol. The van der Waals surface area contributed by atoms with Gasteiger partial charge in [-0.3, -0.25) is 4.99 Å². The average Bonchev–Trinajstić information content (AvgIpc) is 2.99. The Bertz CT molecular complexity index is 788. The number of aryl methyl sites for hydroxylation is 1. The van der Waals surface area contributed by atoms with E-state index in [0.717, 1.165) is 68.4 Å². The molecule has 0 aliphatic carbocycles. The van der Waals surface area contributed by atoms with E-state index < -0.39 is 0 Å². The summed E-state index contributed by atoms with van der Waals surface area (Å²) < 4.78 is 0. The van der Waals surface area contributed by atoms with E-state index in [9.17, 15) is 0 Å². The fraction of sp³-hybridized carbons (Fsp3) is 0.545. The van der Waals surface area contributed by atoms with E-state index in [-0.39, 0.29) is 6.04 Å². The molecule has 2 atom stereocenters. The Morgan fingerprint density at radius 3 is 3.00 bits per heavy atom. The molecule has 0 saturated carbocycles. The van der Waals surface area contributed by atoms with E-state index in [1.54, 1.807) is 0 Å². The van der Waals surface area contributed by atoms with Crippen LogP contribution < -0.4 is 5.32 Å². The number of nitrogens with one attached hydrogen (secondary N) is 1. The van der Waals surface area contributed by atoms with Crippen LogP contribution in [0.4, 0.5) is 5.69 Å². The van der Waals surface area contributed by atoms with Gasteiger partial charge in [-0.15, -0.1) is 0 Å². The number of hydrogen-bond acceptors (Lipinski definition) is 4. The normalized spacial score (nSPS) is 26.3. The van der Waals surface area contributed by atoms with Gasteiger partial charge in [0.05, 0.1) is 17.4 Å². The van der Waals surface area contributed by atoms with Gasteiger partial charge in [-0.2, -0.15) is 0 Å². The molecule has 3 heterocycles. The summed E-state index contributed by atoms with van der Waals surface area (Å²) in [6.07, 6.45) is 6.66. The first-order chi connectivity index (χ1) is 13.1. The summed E-state index contributed by atoms with van der Waals surface area (Å²) in [7, 11) is 0. The first kappa shape index (κ1) is 18.7. The van der Waals surface area contributed by atoms with Crippen LogP contribution in [0.5, 0.6) is 0 Å². The summed E-state index contributed by atoms with van der Waals surface area (Å²) in [6, 6.07) is 6.33. The van der Waals surface area contributed by atoms with Crippen molar-refractivity contribution in [2.24, 2.45) is 15.9 Å². The fourth-order valence-electron chi connectivity index (χ4n) is 4.18. The maximum absolute atomic E-state index is 6.28. The molecule has 2 unspecified atom stereocenters. The monoisotopic (exact) mass is 384 g/mol. The van der Waals surface area contributed by atoms with Crippen LogP contribution >= 0.6 is 11.6 Å². The average molecular weight is 385 g/mol. The number of aliphatic imine (C=N–C) groups is 2. The molecule has 1 aromatic carbocycles. The largest absolute Gasteiger partial charge is 0.354 e. The Labute approximate surface area is 167 Å². The van der Waals surface area contributed by atoms with Crippen molar-refractivity contribution < 1.29 is 0 Å². The van der Waals surface area contributed by atoms with E-state index in [4.69, 9.17) is 21.6 Å². The minimum absolute atomic E-state index is 0.226. The Hall–Kier alpha value is -1.65. The zero-order chi connectivity index (χ0) is 18.8. The van der Waals surface area contributed by atoms with Crippen molar-refractivity contribution in [1.82, 2.24) is 10.2 Å². The van der Waals surface area contributed by atoms with Crippen molar-refractivity contribution in [2.75, 3.05) is 26.2 Å². The summed E-state index contributed by atoms with van der Waals surface area (Å²) in [5.41, 5.74) is 4.88. The summed E-state index contributed by atoms with van der Waals surface area (Å²) in [6.45, 7) is 8.49. The molecule has 0 bridgehead atoms. The maximum atomic E-state index is 6.28. The Kier molecular flexibility index (Phi) is 5.65. The van der Waals surface area contributed by atoms with Crippen molar-refractivity contribution in [2.45, 2.75) is 45.6 Å². The van der Waals surface area contributed by atoms with E-state index >= 15 is 0 Å². The summed E-state index contributed by atoms with van der Waals surface area (Å²) in [5, 5.41) is 4.30. The zero-order valence-corrected chi connectivity index (χ0v) is 17.1. The van der Waals surface area contributed by atoms with Crippen molar-refractivity contribution in [3.8, 4) is 0 Å². The van der Waals surface area contributed by atoms with Gasteiger partial charge < -0.3 is 10.2 Å². The standard InChI is InChI=1S/C22H29ClN4/c1-15-4-5-17-6-7-18-14-19(23)8-9-20(18)26-22(21(17)25-16(15)2)27-12-3-10-24-11-13-27/h4,8-9,14,16-17,24H,3,5-7,10-13H2,1-2H3. The van der Waals surface area contributed by atoms with Crippen LogP contribution in [-0.2, 0) is 6.42 Å². The maximum Gasteiger partial charge on any atom is 0.150 e. The van der Waals surface area contributed by atoms with Gasteiger partial charge in [0, 0.05) is 30.6 Å². The molecule has 1 aromatic rings. The molecule has 144 valence electrons. The van der Waals surface area contributed by atoms with Crippen molar-refractivity contribution >= 4 is 28.8 Å². The molecule has 4 rings (SSSR count). The number of nitrogens with zero attached hydrogens (tertiary/aromatic N) is 3. The molecule has 3 aliphatic rings. The van der Waals surface area contributed by atoms with Crippen LogP contribution in [0.1, 0.15) is 38.7 Å². The van der Waals surface area contributed by atoms with Crippen LogP contribution in [0.3, 0.4) is 0 Å². The zero-order valence-electron chi connectivity index (χ0n) is 16.3. The lowest BCUT2D eigenvalue weighted by atomic mass is 9.89. The Morgan fingerprint density at radius 1 is 1.22 bits per heavy atom. The highest BCUT2D eigenvalue weighted by atomic mass is 35.5. The molecular formula is C22H29ClN4. The number of allylic oxidation sites excluding steroid dienone is 1. The molecule has 5 heteroatoms. The van der Waals surface area contributed by atoms with E-state index in [1.807, 2.05) is 6.07 Å². The molecule has 27 heavy (non-hydrogen) atoms. The lowest BCUT2D eigenvalue weighted by Gasteiger charge is -2.30. The van der Waals surface area contributed by atoms with Gasteiger partial charge in [0.2, 0.25) is 0 Å². The molecule has 0 aromatic heterocycles. The molecule has 0 amide bonds. The third-order valence-corrected chi connectivity index (χ3v) is 6.24. The van der Waals surface area contributed by atoms with Gasteiger partial charge in [0.25, 0.3) is 0 Å². The lowest BCUT2D eigenvalue weighted by Crippen LogP contribution is -2.42. The second kappa shape index (κ2) is 8.15. The Morgan fingerprint density at radius 2 is 2.11 bits per heavy atom. The van der Waals surface area contributed by atoms with Gasteiger partial charge in [-0.25, -0.2) is 4.99 Å². The first-order valence-corrected chi connectivity index (χ1v) is 10.6. The topological polar surface area (TPSA) is 40.0 Å². The number of fused-ring (bicyclic) bond motifs is 2. The quantitative estimate of drug-likeness (QED) is 0.673. The van der Waals surface area contributed by atoms with Gasteiger partial charge >= 0.3 is 0 Å². The highest BCUT2D eigenvalue weighted by molar-refractivity contribution is 6.42. The van der Waals surface area contributed by atoms with E-state index in [1.165, 1.54) is 16.8 Å². The van der Waals surface area contributed by atoms with Crippen LogP contribution in [0.25, 0.3) is 0 Å². The summed E-state index contributed by atoms with van der Waals surface area (Å²) >= 11 is 6.28. The number of hydrogen-bond donors (Lipinski definition) is 1. The van der Waals surface area contributed by atoms with Gasteiger partial charge in [-0.05, 0) is 69.8 Å².